The zero-order chi connectivity index (χ0) is 33.1. The Balaban J connectivity index is 1.44. The number of imidazole rings is 1. The third kappa shape index (κ3) is 6.35. The highest BCUT2D eigenvalue weighted by molar-refractivity contribution is 8.00. The van der Waals surface area contributed by atoms with Crippen LogP contribution in [0.15, 0.2) is 76.8 Å². The van der Waals surface area contributed by atoms with Gasteiger partial charge in [-0.3, -0.25) is 14.5 Å². The molecule has 1 unspecified atom stereocenters. The van der Waals surface area contributed by atoms with Crippen LogP contribution < -0.4 is 14.4 Å². The van der Waals surface area contributed by atoms with Crippen molar-refractivity contribution < 1.29 is 24.2 Å². The molecular formula is C35H35N5O5S2. The molecule has 0 saturated carbocycles. The predicted octanol–water partition coefficient (Wildman–Crippen LogP) is 7.30. The predicted molar refractivity (Wildman–Crippen MR) is 183 cm³/mol. The molecular weight excluding hydrogens is 635 g/mol. The van der Waals surface area contributed by atoms with Gasteiger partial charge in [-0.15, -0.1) is 10.2 Å². The standard InChI is InChI=1S/C35H35N5O5S2/c1-5-6-10-18-45-25-16-15-24(19-26(25)44-4)29-27(30(41)28-22(3)39-17-11-12-21(2)32(39)36-28)31(42)33(43)40(29)34-37-38-35(47-34)46-20-23-13-8-7-9-14-23/h7-9,11-17,19,29,41H,5-6,10,18,20H2,1-4H3/b30-27+. The maximum atomic E-state index is 13.9. The Morgan fingerprint density at radius 2 is 1.83 bits per heavy atom. The molecule has 242 valence electrons. The number of thioether (sulfide) groups is 1. The summed E-state index contributed by atoms with van der Waals surface area (Å²) in [5.41, 5.74) is 3.97. The number of aliphatic hydroxyl groups excluding tert-OH is 1. The first kappa shape index (κ1) is 32.3. The Labute approximate surface area is 281 Å². The fourth-order valence-corrected chi connectivity index (χ4v) is 7.43. The molecule has 1 fully saturated rings. The minimum atomic E-state index is -1.02. The summed E-state index contributed by atoms with van der Waals surface area (Å²) in [6.07, 6.45) is 4.87. The molecule has 0 aliphatic carbocycles. The van der Waals surface area contributed by atoms with Crippen molar-refractivity contribution in [1.29, 1.82) is 0 Å². The lowest BCUT2D eigenvalue weighted by Gasteiger charge is -2.23. The summed E-state index contributed by atoms with van der Waals surface area (Å²) in [6.45, 7) is 6.40. The van der Waals surface area contributed by atoms with Gasteiger partial charge in [-0.2, -0.15) is 0 Å². The largest absolute Gasteiger partial charge is 0.505 e. The number of fused-ring (bicyclic) bond motifs is 1. The van der Waals surface area contributed by atoms with Gasteiger partial charge in [-0.05, 0) is 55.2 Å². The maximum absolute atomic E-state index is 13.9. The number of unbranched alkanes of at least 4 members (excludes halogenated alkanes) is 2. The Morgan fingerprint density at radius 3 is 2.57 bits per heavy atom. The molecule has 1 N–H and O–H groups in total. The van der Waals surface area contributed by atoms with Crippen LogP contribution in [0.5, 0.6) is 11.5 Å². The molecule has 0 radical (unpaired) electrons. The highest BCUT2D eigenvalue weighted by atomic mass is 32.2. The topological polar surface area (TPSA) is 119 Å². The molecule has 1 saturated heterocycles. The fraction of sp³-hybridized carbons (Fsp3) is 0.286. The number of methoxy groups -OCH3 is 1. The summed E-state index contributed by atoms with van der Waals surface area (Å²) in [6, 6.07) is 18.0. The van der Waals surface area contributed by atoms with E-state index in [1.54, 1.807) is 18.2 Å². The molecule has 12 heteroatoms. The van der Waals surface area contributed by atoms with Crippen molar-refractivity contribution in [2.75, 3.05) is 18.6 Å². The number of aromatic nitrogens is 4. The number of ketones is 1. The summed E-state index contributed by atoms with van der Waals surface area (Å²) < 4.78 is 14.2. The number of aliphatic hydroxyl groups is 1. The van der Waals surface area contributed by atoms with E-state index in [9.17, 15) is 14.7 Å². The molecule has 1 amide bonds. The van der Waals surface area contributed by atoms with E-state index in [2.05, 4.69) is 17.1 Å². The van der Waals surface area contributed by atoms with Crippen LogP contribution in [0.25, 0.3) is 11.4 Å². The summed E-state index contributed by atoms with van der Waals surface area (Å²) in [5, 5.41) is 20.8. The van der Waals surface area contributed by atoms with Gasteiger partial charge in [-0.25, -0.2) is 4.98 Å². The molecule has 1 atom stereocenters. The molecule has 6 rings (SSSR count). The van der Waals surface area contributed by atoms with Crippen molar-refractivity contribution >= 4 is 51.3 Å². The zero-order valence-corrected chi connectivity index (χ0v) is 28.2. The first-order valence-corrected chi connectivity index (χ1v) is 17.2. The fourth-order valence-electron chi connectivity index (χ4n) is 5.60. The smallest absolute Gasteiger partial charge is 0.301 e. The second kappa shape index (κ2) is 14.0. The number of Topliss-reactive ketones (excluding diaryl/α,β-unsaturated/α-hetero) is 1. The molecule has 4 heterocycles. The average Bonchev–Trinajstić information content (AvgIpc) is 3.77. The van der Waals surface area contributed by atoms with E-state index >= 15 is 0 Å². The van der Waals surface area contributed by atoms with Crippen LogP contribution >= 0.6 is 23.1 Å². The van der Waals surface area contributed by atoms with E-state index in [1.165, 1.54) is 35.1 Å². The highest BCUT2D eigenvalue weighted by Gasteiger charge is 2.49. The quantitative estimate of drug-likeness (QED) is 0.0365. The number of carbonyl (C=O) groups excluding carboxylic acids is 2. The summed E-state index contributed by atoms with van der Waals surface area (Å²) in [5.74, 6) is -0.358. The number of rotatable bonds is 12. The first-order valence-electron chi connectivity index (χ1n) is 15.4. The van der Waals surface area contributed by atoms with Crippen LogP contribution in [0.1, 0.15) is 60.3 Å². The number of benzene rings is 2. The van der Waals surface area contributed by atoms with E-state index in [0.717, 1.165) is 30.4 Å². The van der Waals surface area contributed by atoms with Gasteiger partial charge in [0, 0.05) is 11.9 Å². The van der Waals surface area contributed by atoms with Crippen molar-refractivity contribution in [2.24, 2.45) is 0 Å². The summed E-state index contributed by atoms with van der Waals surface area (Å²) >= 11 is 2.71. The monoisotopic (exact) mass is 669 g/mol. The number of hydrogen-bond acceptors (Lipinski definition) is 10. The molecule has 1 aliphatic heterocycles. The SMILES string of the molecule is CCCCCOc1ccc(C2/C(=C(\O)c3nc4c(C)cccn4c3C)C(=O)C(=O)N2c2nnc(SCc3ccccc3)s2)cc1OC. The third-order valence-corrected chi connectivity index (χ3v) is 10.2. The second-order valence-electron chi connectivity index (χ2n) is 11.2. The summed E-state index contributed by atoms with van der Waals surface area (Å²) in [4.78, 5) is 33.7. The number of carbonyl (C=O) groups is 2. The van der Waals surface area contributed by atoms with Gasteiger partial charge in [0.1, 0.15) is 11.3 Å². The average molecular weight is 670 g/mol. The van der Waals surface area contributed by atoms with Gasteiger partial charge >= 0.3 is 5.91 Å². The van der Waals surface area contributed by atoms with Gasteiger partial charge in [0.25, 0.3) is 5.78 Å². The lowest BCUT2D eigenvalue weighted by atomic mass is 9.96. The Kier molecular flexibility index (Phi) is 9.60. The number of pyridine rings is 1. The Bertz CT molecular complexity index is 1970. The van der Waals surface area contributed by atoms with Crippen molar-refractivity contribution in [1.82, 2.24) is 19.6 Å². The minimum Gasteiger partial charge on any atom is -0.505 e. The maximum Gasteiger partial charge on any atom is 0.301 e. The number of aryl methyl sites for hydroxylation is 2. The van der Waals surface area contributed by atoms with Crippen LogP contribution in [-0.4, -0.2) is 50.1 Å². The van der Waals surface area contributed by atoms with Crippen LogP contribution in [0.4, 0.5) is 5.13 Å². The van der Waals surface area contributed by atoms with E-state index in [4.69, 9.17) is 14.5 Å². The second-order valence-corrected chi connectivity index (χ2v) is 13.4. The molecule has 3 aromatic heterocycles. The molecule has 1 aliphatic rings. The number of anilines is 1. The molecule has 5 aromatic rings. The van der Waals surface area contributed by atoms with E-state index in [1.807, 2.05) is 66.9 Å². The molecule has 10 nitrogen and oxygen atoms in total. The minimum absolute atomic E-state index is 0.0912. The third-order valence-electron chi connectivity index (χ3n) is 8.07. The first-order chi connectivity index (χ1) is 22.8. The van der Waals surface area contributed by atoms with E-state index < -0.39 is 17.7 Å². The lowest BCUT2D eigenvalue weighted by molar-refractivity contribution is -0.132. The van der Waals surface area contributed by atoms with Crippen LogP contribution in [-0.2, 0) is 15.3 Å². The normalized spacial score (nSPS) is 15.9. The molecule has 47 heavy (non-hydrogen) atoms. The molecule has 2 aromatic carbocycles. The Morgan fingerprint density at radius 1 is 1.02 bits per heavy atom. The molecule has 0 spiro atoms. The summed E-state index contributed by atoms with van der Waals surface area (Å²) in [7, 11) is 1.54. The number of hydrogen-bond donors (Lipinski definition) is 1. The van der Waals surface area contributed by atoms with E-state index in [-0.39, 0.29) is 22.2 Å². The van der Waals surface area contributed by atoms with Gasteiger partial charge in [0.05, 0.1) is 31.0 Å². The number of nitrogens with zero attached hydrogens (tertiary/aromatic N) is 5. The van der Waals surface area contributed by atoms with Crippen LogP contribution in [0.2, 0.25) is 0 Å². The van der Waals surface area contributed by atoms with Crippen molar-refractivity contribution in [3.63, 3.8) is 0 Å². The van der Waals surface area contributed by atoms with Gasteiger partial charge < -0.3 is 19.0 Å². The zero-order valence-electron chi connectivity index (χ0n) is 26.6. The van der Waals surface area contributed by atoms with Gasteiger partial charge in [0.2, 0.25) is 5.13 Å². The van der Waals surface area contributed by atoms with Crippen molar-refractivity contribution in [3.8, 4) is 11.5 Å². The van der Waals surface area contributed by atoms with Gasteiger partial charge in [-0.1, -0.05) is 85.3 Å². The Hall–Kier alpha value is -4.68. The number of amides is 1. The van der Waals surface area contributed by atoms with Crippen LogP contribution in [0, 0.1) is 13.8 Å². The highest BCUT2D eigenvalue weighted by Crippen LogP contribution is 2.46. The van der Waals surface area contributed by atoms with Crippen molar-refractivity contribution in [2.45, 2.75) is 56.2 Å². The lowest BCUT2D eigenvalue weighted by Crippen LogP contribution is -2.29. The van der Waals surface area contributed by atoms with Crippen molar-refractivity contribution in [3.05, 3.63) is 101 Å². The van der Waals surface area contributed by atoms with E-state index in [0.29, 0.717) is 45.1 Å². The number of ether oxygens (including phenoxy) is 2. The molecule has 0 bridgehead atoms. The van der Waals surface area contributed by atoms with Crippen LogP contribution in [0.3, 0.4) is 0 Å². The van der Waals surface area contributed by atoms with Gasteiger partial charge in [0.15, 0.2) is 21.6 Å².